The Morgan fingerprint density at radius 1 is 0.407 bits per heavy atom. The largest absolute Gasteiger partial charge is 0.457 e. The first kappa shape index (κ1) is 14.6. The van der Waals surface area contributed by atoms with Crippen LogP contribution in [0.25, 0.3) is 43.1 Å². The van der Waals surface area contributed by atoms with Gasteiger partial charge in [0.25, 0.3) is 0 Å². The summed E-state index contributed by atoms with van der Waals surface area (Å²) >= 11 is 0. The van der Waals surface area contributed by atoms with E-state index in [1.807, 2.05) is 30.3 Å². The molecule has 0 amide bonds. The standard InChI is InChI=1S/C26H16O/c1-2-10-19(11-3-1)27-23-16-15-18-9-5-13-21-20-12-4-7-17-8-6-14-22(24(17)20)26(23)25(18)21/h1-16H. The van der Waals surface area contributed by atoms with Crippen LogP contribution in [0.1, 0.15) is 0 Å². The third-order valence-electron chi connectivity index (χ3n) is 5.44. The molecule has 0 atom stereocenters. The van der Waals surface area contributed by atoms with Crippen LogP contribution >= 0.6 is 0 Å². The first-order valence-corrected chi connectivity index (χ1v) is 9.21. The van der Waals surface area contributed by atoms with E-state index < -0.39 is 0 Å². The van der Waals surface area contributed by atoms with Crippen molar-refractivity contribution in [3.8, 4) is 11.5 Å². The van der Waals surface area contributed by atoms with Crippen LogP contribution in [-0.2, 0) is 0 Å². The predicted molar refractivity (Wildman–Crippen MR) is 114 cm³/mol. The highest BCUT2D eigenvalue weighted by Crippen LogP contribution is 2.44. The molecule has 0 bridgehead atoms. The van der Waals surface area contributed by atoms with E-state index in [4.69, 9.17) is 4.74 Å². The van der Waals surface area contributed by atoms with Crippen LogP contribution in [0.15, 0.2) is 97.1 Å². The Labute approximate surface area is 156 Å². The Kier molecular flexibility index (Phi) is 2.95. The molecule has 0 aliphatic carbocycles. The number of rotatable bonds is 2. The molecule has 0 radical (unpaired) electrons. The van der Waals surface area contributed by atoms with Crippen LogP contribution in [0.5, 0.6) is 11.5 Å². The molecule has 1 nitrogen and oxygen atoms in total. The van der Waals surface area contributed by atoms with Crippen molar-refractivity contribution in [2.45, 2.75) is 0 Å². The Morgan fingerprint density at radius 3 is 1.78 bits per heavy atom. The lowest BCUT2D eigenvalue weighted by Crippen LogP contribution is -1.91. The maximum Gasteiger partial charge on any atom is 0.135 e. The average Bonchev–Trinajstić information content (AvgIpc) is 2.73. The summed E-state index contributed by atoms with van der Waals surface area (Å²) in [4.78, 5) is 0. The summed E-state index contributed by atoms with van der Waals surface area (Å²) in [5, 5.41) is 10.1. The SMILES string of the molecule is c1ccc(Oc2ccc3cccc4c5cccc6cccc(c2c34)c65)cc1. The lowest BCUT2D eigenvalue weighted by molar-refractivity contribution is 0.489. The van der Waals surface area contributed by atoms with E-state index in [2.05, 4.69) is 66.7 Å². The van der Waals surface area contributed by atoms with Gasteiger partial charge in [0.15, 0.2) is 0 Å². The number of para-hydroxylation sites is 1. The molecule has 0 heterocycles. The Morgan fingerprint density at radius 2 is 1.04 bits per heavy atom. The van der Waals surface area contributed by atoms with Crippen molar-refractivity contribution < 1.29 is 4.74 Å². The molecule has 126 valence electrons. The quantitative estimate of drug-likeness (QED) is 0.233. The van der Waals surface area contributed by atoms with E-state index in [1.165, 1.54) is 43.1 Å². The fourth-order valence-corrected chi connectivity index (χ4v) is 4.33. The van der Waals surface area contributed by atoms with Gasteiger partial charge in [0.2, 0.25) is 0 Å². The second-order valence-corrected chi connectivity index (χ2v) is 6.97. The van der Waals surface area contributed by atoms with Crippen molar-refractivity contribution in [2.75, 3.05) is 0 Å². The summed E-state index contributed by atoms with van der Waals surface area (Å²) in [6.07, 6.45) is 0. The molecule has 0 fully saturated rings. The highest BCUT2D eigenvalue weighted by molar-refractivity contribution is 6.34. The Balaban J connectivity index is 1.84. The van der Waals surface area contributed by atoms with Gasteiger partial charge in [0.1, 0.15) is 11.5 Å². The van der Waals surface area contributed by atoms with Crippen molar-refractivity contribution in [2.24, 2.45) is 0 Å². The summed E-state index contributed by atoms with van der Waals surface area (Å²) < 4.78 is 6.34. The molecule has 6 aromatic carbocycles. The number of benzene rings is 6. The third kappa shape index (κ3) is 2.06. The molecule has 6 aromatic rings. The molecule has 27 heavy (non-hydrogen) atoms. The van der Waals surface area contributed by atoms with Crippen molar-refractivity contribution in [3.05, 3.63) is 97.1 Å². The Bertz CT molecular complexity index is 1430. The summed E-state index contributed by atoms with van der Waals surface area (Å²) in [5.74, 6) is 1.76. The second kappa shape index (κ2) is 5.46. The van der Waals surface area contributed by atoms with Gasteiger partial charge in [0, 0.05) is 10.8 Å². The van der Waals surface area contributed by atoms with Crippen molar-refractivity contribution >= 4 is 43.1 Å². The fourth-order valence-electron chi connectivity index (χ4n) is 4.33. The highest BCUT2D eigenvalue weighted by Gasteiger charge is 2.16. The molecule has 1 heteroatoms. The van der Waals surface area contributed by atoms with Gasteiger partial charge in [-0.1, -0.05) is 78.9 Å². The fraction of sp³-hybridized carbons (Fsp3) is 0. The first-order valence-electron chi connectivity index (χ1n) is 9.21. The monoisotopic (exact) mass is 344 g/mol. The van der Waals surface area contributed by atoms with Gasteiger partial charge in [0.05, 0.1) is 0 Å². The Hall–Kier alpha value is -3.58. The van der Waals surface area contributed by atoms with Gasteiger partial charge in [-0.3, -0.25) is 0 Å². The van der Waals surface area contributed by atoms with Gasteiger partial charge in [-0.15, -0.1) is 0 Å². The lowest BCUT2D eigenvalue weighted by Gasteiger charge is -2.17. The van der Waals surface area contributed by atoms with Gasteiger partial charge >= 0.3 is 0 Å². The molecule has 0 aliphatic rings. The minimum Gasteiger partial charge on any atom is -0.457 e. The summed E-state index contributed by atoms with van der Waals surface area (Å²) in [6, 6.07) is 33.9. The van der Waals surface area contributed by atoms with E-state index in [-0.39, 0.29) is 0 Å². The minimum absolute atomic E-state index is 0.858. The zero-order valence-electron chi connectivity index (χ0n) is 14.6. The summed E-state index contributed by atoms with van der Waals surface area (Å²) in [7, 11) is 0. The van der Waals surface area contributed by atoms with E-state index in [9.17, 15) is 0 Å². The van der Waals surface area contributed by atoms with Crippen molar-refractivity contribution in [1.29, 1.82) is 0 Å². The van der Waals surface area contributed by atoms with Crippen LogP contribution in [-0.4, -0.2) is 0 Å². The van der Waals surface area contributed by atoms with Crippen molar-refractivity contribution in [1.82, 2.24) is 0 Å². The molecule has 0 saturated heterocycles. The number of ether oxygens (including phenoxy) is 1. The molecule has 0 aliphatic heterocycles. The summed E-state index contributed by atoms with van der Waals surface area (Å²) in [6.45, 7) is 0. The zero-order chi connectivity index (χ0) is 17.8. The van der Waals surface area contributed by atoms with E-state index in [1.54, 1.807) is 0 Å². The number of hydrogen-bond acceptors (Lipinski definition) is 1. The van der Waals surface area contributed by atoms with Crippen molar-refractivity contribution in [3.63, 3.8) is 0 Å². The number of fused-ring (bicyclic) bond motifs is 2. The van der Waals surface area contributed by atoms with E-state index in [0.29, 0.717) is 0 Å². The van der Waals surface area contributed by atoms with Gasteiger partial charge in [-0.25, -0.2) is 0 Å². The first-order chi connectivity index (χ1) is 13.4. The van der Waals surface area contributed by atoms with Crippen LogP contribution in [0.3, 0.4) is 0 Å². The molecule has 0 unspecified atom stereocenters. The minimum atomic E-state index is 0.858. The number of hydrogen-bond donors (Lipinski definition) is 0. The third-order valence-corrected chi connectivity index (χ3v) is 5.44. The lowest BCUT2D eigenvalue weighted by atomic mass is 9.89. The van der Waals surface area contributed by atoms with Crippen LogP contribution in [0, 0.1) is 0 Å². The summed E-state index contributed by atoms with van der Waals surface area (Å²) in [5.41, 5.74) is 0. The normalized spacial score (nSPS) is 11.7. The molecule has 0 spiro atoms. The smallest absolute Gasteiger partial charge is 0.135 e. The van der Waals surface area contributed by atoms with Gasteiger partial charge in [-0.05, 0) is 50.5 Å². The average molecular weight is 344 g/mol. The highest BCUT2D eigenvalue weighted by atomic mass is 16.5. The van der Waals surface area contributed by atoms with Gasteiger partial charge in [-0.2, -0.15) is 0 Å². The topological polar surface area (TPSA) is 9.23 Å². The van der Waals surface area contributed by atoms with E-state index in [0.717, 1.165) is 11.5 Å². The zero-order valence-corrected chi connectivity index (χ0v) is 14.6. The molecule has 0 saturated carbocycles. The van der Waals surface area contributed by atoms with E-state index >= 15 is 0 Å². The van der Waals surface area contributed by atoms with Gasteiger partial charge < -0.3 is 4.74 Å². The molecule has 6 rings (SSSR count). The maximum atomic E-state index is 6.34. The van der Waals surface area contributed by atoms with Crippen LogP contribution in [0.2, 0.25) is 0 Å². The van der Waals surface area contributed by atoms with Crippen LogP contribution in [0.4, 0.5) is 0 Å². The molecule has 0 aromatic heterocycles. The molecular formula is C26H16O. The van der Waals surface area contributed by atoms with Crippen LogP contribution < -0.4 is 4.74 Å². The molecule has 0 N–H and O–H groups in total. The predicted octanol–water partition coefficient (Wildman–Crippen LogP) is 7.53. The maximum absolute atomic E-state index is 6.34. The molecular weight excluding hydrogens is 328 g/mol. The second-order valence-electron chi connectivity index (χ2n) is 6.97.